The number of rotatable bonds is 7. The molecule has 3 heterocycles. The van der Waals surface area contributed by atoms with Crippen molar-refractivity contribution in [2.45, 2.75) is 12.5 Å². The van der Waals surface area contributed by atoms with Gasteiger partial charge in [-0.2, -0.15) is 8.75 Å². The van der Waals surface area contributed by atoms with Crippen molar-refractivity contribution in [3.05, 3.63) is 47.2 Å². The Morgan fingerprint density at radius 3 is 2.73 bits per heavy atom. The van der Waals surface area contributed by atoms with Gasteiger partial charge in [0, 0.05) is 24.2 Å². The number of nitrogens with zero attached hydrogens (tertiary/aromatic N) is 4. The van der Waals surface area contributed by atoms with Gasteiger partial charge in [0.2, 0.25) is 5.78 Å². The van der Waals surface area contributed by atoms with Crippen LogP contribution in [0.3, 0.4) is 0 Å². The van der Waals surface area contributed by atoms with E-state index < -0.39 is 23.6 Å². The van der Waals surface area contributed by atoms with Gasteiger partial charge in [-0.05, 0) is 29.2 Å². The summed E-state index contributed by atoms with van der Waals surface area (Å²) in [5, 5.41) is 4.23. The third-order valence-corrected chi connectivity index (χ3v) is 4.56. The lowest BCUT2D eigenvalue weighted by Gasteiger charge is -2.15. The molecule has 3 N–H and O–H groups in total. The number of pyridine rings is 1. The van der Waals surface area contributed by atoms with Gasteiger partial charge in [-0.25, -0.2) is 4.37 Å². The minimum Gasteiger partial charge on any atom is -0.363 e. The first-order chi connectivity index (χ1) is 12.6. The fourth-order valence-electron chi connectivity index (χ4n) is 2.18. The fraction of sp³-hybridized carbons (Fsp3) is 0.133. The molecule has 1 unspecified atom stereocenters. The second-order valence-corrected chi connectivity index (χ2v) is 6.35. The number of primary amides is 1. The van der Waals surface area contributed by atoms with Crippen molar-refractivity contribution in [2.75, 3.05) is 0 Å². The molecule has 2 amide bonds. The minimum absolute atomic E-state index is 0.0272. The Bertz CT molecular complexity index is 926. The second kappa shape index (κ2) is 7.89. The number of nitrogens with one attached hydrogen (secondary N) is 1. The van der Waals surface area contributed by atoms with Crippen molar-refractivity contribution in [2.24, 2.45) is 5.73 Å². The molecule has 26 heavy (non-hydrogen) atoms. The van der Waals surface area contributed by atoms with Gasteiger partial charge >= 0.3 is 0 Å². The average molecular weight is 388 g/mol. The lowest BCUT2D eigenvalue weighted by atomic mass is 10.0. The van der Waals surface area contributed by atoms with Crippen LogP contribution in [0.5, 0.6) is 0 Å². The molecule has 3 rings (SSSR count). The molecule has 0 aliphatic carbocycles. The molecule has 3 aromatic rings. The first kappa shape index (κ1) is 17.8. The molecule has 0 fully saturated rings. The van der Waals surface area contributed by atoms with Crippen LogP contribution in [0.25, 0.3) is 11.4 Å². The predicted octanol–water partition coefficient (Wildman–Crippen LogP) is 0.452. The molecule has 0 aliphatic heterocycles. The zero-order chi connectivity index (χ0) is 18.5. The Hall–Kier alpha value is -3.05. The molecule has 1 atom stereocenters. The van der Waals surface area contributed by atoms with Crippen molar-refractivity contribution >= 4 is 40.9 Å². The topological polar surface area (TPSA) is 141 Å². The molecule has 0 aliphatic rings. The SMILES string of the molecule is NC(=O)C(=O)C(Cc1cnsc1)NC(=O)c1nsnc1-c1ccccn1. The highest BCUT2D eigenvalue weighted by Crippen LogP contribution is 2.19. The Balaban J connectivity index is 1.83. The number of hydrogen-bond donors (Lipinski definition) is 2. The molecule has 3 aromatic heterocycles. The summed E-state index contributed by atoms with van der Waals surface area (Å²) in [5.41, 5.74) is 6.60. The first-order valence-corrected chi connectivity index (χ1v) is 8.89. The van der Waals surface area contributed by atoms with Crippen LogP contribution in [-0.4, -0.2) is 41.7 Å². The molecular formula is C15H12N6O3S2. The summed E-state index contributed by atoms with van der Waals surface area (Å²) in [5.74, 6) is -2.66. The zero-order valence-corrected chi connectivity index (χ0v) is 14.8. The smallest absolute Gasteiger partial charge is 0.287 e. The zero-order valence-electron chi connectivity index (χ0n) is 13.2. The Labute approximate surface area is 155 Å². The molecule has 0 spiro atoms. The van der Waals surface area contributed by atoms with Crippen LogP contribution in [0.1, 0.15) is 16.1 Å². The number of amides is 2. The van der Waals surface area contributed by atoms with E-state index in [2.05, 4.69) is 23.4 Å². The number of hydrogen-bond acceptors (Lipinski definition) is 9. The molecular weight excluding hydrogens is 376 g/mol. The van der Waals surface area contributed by atoms with E-state index in [1.165, 1.54) is 11.5 Å². The van der Waals surface area contributed by atoms with Crippen molar-refractivity contribution in [1.82, 2.24) is 23.4 Å². The number of Topliss-reactive ketones (excluding diaryl/α,β-unsaturated/α-hetero) is 1. The molecule has 0 aromatic carbocycles. The molecule has 9 nitrogen and oxygen atoms in total. The summed E-state index contributed by atoms with van der Waals surface area (Å²) in [4.78, 5) is 40.1. The van der Waals surface area contributed by atoms with Crippen LogP contribution in [0, 0.1) is 0 Å². The van der Waals surface area contributed by atoms with Crippen LogP contribution < -0.4 is 11.1 Å². The van der Waals surface area contributed by atoms with Crippen LogP contribution in [0.15, 0.2) is 36.0 Å². The van der Waals surface area contributed by atoms with Crippen molar-refractivity contribution in [3.8, 4) is 11.4 Å². The van der Waals surface area contributed by atoms with E-state index in [9.17, 15) is 14.4 Å². The van der Waals surface area contributed by atoms with Gasteiger partial charge in [-0.15, -0.1) is 0 Å². The van der Waals surface area contributed by atoms with E-state index in [4.69, 9.17) is 5.73 Å². The number of ketones is 1. The van der Waals surface area contributed by atoms with Gasteiger partial charge < -0.3 is 11.1 Å². The summed E-state index contributed by atoms with van der Waals surface area (Å²) in [6, 6.07) is 4.07. The summed E-state index contributed by atoms with van der Waals surface area (Å²) in [6.07, 6.45) is 3.22. The summed E-state index contributed by atoms with van der Waals surface area (Å²) >= 11 is 2.05. The molecule has 0 saturated carbocycles. The number of nitrogens with two attached hydrogens (primary N) is 1. The van der Waals surface area contributed by atoms with E-state index in [0.717, 1.165) is 11.7 Å². The van der Waals surface area contributed by atoms with E-state index in [1.54, 1.807) is 36.0 Å². The van der Waals surface area contributed by atoms with Crippen LogP contribution in [-0.2, 0) is 16.0 Å². The summed E-state index contributed by atoms with van der Waals surface area (Å²) < 4.78 is 12.0. The third-order valence-electron chi connectivity index (χ3n) is 3.40. The van der Waals surface area contributed by atoms with E-state index in [-0.39, 0.29) is 12.1 Å². The van der Waals surface area contributed by atoms with Crippen LogP contribution in [0.4, 0.5) is 0 Å². The summed E-state index contributed by atoms with van der Waals surface area (Å²) in [7, 11) is 0. The highest BCUT2D eigenvalue weighted by Gasteiger charge is 2.28. The standard InChI is InChI=1S/C15H12N6O3S2/c16-14(23)13(22)10(5-8-6-18-25-7-8)19-15(24)12-11(20-26-21-12)9-3-1-2-4-17-9/h1-4,6-7,10H,5H2,(H2,16,23)(H,19,24). The monoisotopic (exact) mass is 388 g/mol. The first-order valence-electron chi connectivity index (χ1n) is 7.33. The maximum absolute atomic E-state index is 12.6. The molecule has 11 heteroatoms. The van der Waals surface area contributed by atoms with Gasteiger partial charge in [0.05, 0.1) is 17.4 Å². The Morgan fingerprint density at radius 2 is 2.08 bits per heavy atom. The number of aromatic nitrogens is 4. The van der Waals surface area contributed by atoms with Gasteiger partial charge in [0.15, 0.2) is 5.69 Å². The van der Waals surface area contributed by atoms with Gasteiger partial charge in [-0.3, -0.25) is 19.4 Å². The molecule has 132 valence electrons. The summed E-state index contributed by atoms with van der Waals surface area (Å²) in [6.45, 7) is 0. The van der Waals surface area contributed by atoms with Crippen LogP contribution in [0.2, 0.25) is 0 Å². The minimum atomic E-state index is -1.13. The quantitative estimate of drug-likeness (QED) is 0.560. The van der Waals surface area contributed by atoms with Gasteiger partial charge in [0.25, 0.3) is 11.8 Å². The Kier molecular flexibility index (Phi) is 5.39. The van der Waals surface area contributed by atoms with Gasteiger partial charge in [0.1, 0.15) is 11.7 Å². The lowest BCUT2D eigenvalue weighted by molar-refractivity contribution is -0.137. The van der Waals surface area contributed by atoms with Crippen molar-refractivity contribution < 1.29 is 14.4 Å². The Morgan fingerprint density at radius 1 is 1.23 bits per heavy atom. The maximum atomic E-state index is 12.6. The van der Waals surface area contributed by atoms with Crippen LogP contribution >= 0.6 is 23.3 Å². The predicted molar refractivity (Wildman–Crippen MR) is 94.4 cm³/mol. The number of carbonyl (C=O) groups excluding carboxylic acids is 3. The molecule has 0 radical (unpaired) electrons. The van der Waals surface area contributed by atoms with Crippen molar-refractivity contribution in [3.63, 3.8) is 0 Å². The third kappa shape index (κ3) is 3.95. The highest BCUT2D eigenvalue weighted by atomic mass is 32.1. The van der Waals surface area contributed by atoms with E-state index >= 15 is 0 Å². The van der Waals surface area contributed by atoms with E-state index in [1.807, 2.05) is 0 Å². The lowest BCUT2D eigenvalue weighted by Crippen LogP contribution is -2.47. The van der Waals surface area contributed by atoms with Gasteiger partial charge in [-0.1, -0.05) is 6.07 Å². The number of carbonyl (C=O) groups is 3. The fourth-order valence-corrected chi connectivity index (χ4v) is 3.28. The average Bonchev–Trinajstić information content (AvgIpc) is 3.32. The maximum Gasteiger partial charge on any atom is 0.287 e. The largest absolute Gasteiger partial charge is 0.363 e. The molecule has 0 saturated heterocycles. The van der Waals surface area contributed by atoms with E-state index in [0.29, 0.717) is 17.0 Å². The molecule has 0 bridgehead atoms. The normalized spacial score (nSPS) is 11.7. The second-order valence-electron chi connectivity index (χ2n) is 5.17. The highest BCUT2D eigenvalue weighted by molar-refractivity contribution is 7.03. The van der Waals surface area contributed by atoms with Crippen molar-refractivity contribution in [1.29, 1.82) is 0 Å².